The molecule has 10 heteroatoms. The zero-order valence-electron chi connectivity index (χ0n) is 33.0. The summed E-state index contributed by atoms with van der Waals surface area (Å²) in [5, 5.41) is 0. The van der Waals surface area contributed by atoms with Crippen molar-refractivity contribution >= 4 is 19.8 Å². The van der Waals surface area contributed by atoms with Gasteiger partial charge in [0.15, 0.2) is 6.10 Å². The number of hydrogen-bond donors (Lipinski definition) is 2. The normalized spacial score (nSPS) is 13.8. The van der Waals surface area contributed by atoms with E-state index in [4.69, 9.17) is 24.3 Å². The van der Waals surface area contributed by atoms with Crippen LogP contribution in [0.25, 0.3) is 0 Å². The Kier molecular flexibility index (Phi) is 37.2. The van der Waals surface area contributed by atoms with Crippen LogP contribution in [0.4, 0.5) is 0 Å². The van der Waals surface area contributed by atoms with E-state index in [-0.39, 0.29) is 32.6 Å². The molecule has 0 spiro atoms. The molecule has 0 fully saturated rings. The van der Waals surface area contributed by atoms with Gasteiger partial charge in [0.1, 0.15) is 6.61 Å². The number of rotatable bonds is 38. The molecule has 0 aliphatic carbocycles. The maximum Gasteiger partial charge on any atom is 0.472 e. The van der Waals surface area contributed by atoms with Gasteiger partial charge in [-0.2, -0.15) is 0 Å². The van der Waals surface area contributed by atoms with Gasteiger partial charge in [-0.05, 0) is 70.6 Å². The zero-order chi connectivity index (χ0) is 38.2. The Morgan fingerprint density at radius 1 is 0.596 bits per heavy atom. The number of carbonyl (C=O) groups is 2. The highest BCUT2D eigenvalue weighted by Crippen LogP contribution is 2.43. The van der Waals surface area contributed by atoms with Crippen molar-refractivity contribution in [3.05, 3.63) is 48.6 Å². The van der Waals surface area contributed by atoms with Crippen molar-refractivity contribution in [3.8, 4) is 0 Å². The van der Waals surface area contributed by atoms with E-state index in [1.54, 1.807) is 0 Å². The van der Waals surface area contributed by atoms with Crippen LogP contribution in [-0.4, -0.2) is 49.3 Å². The molecule has 302 valence electrons. The lowest BCUT2D eigenvalue weighted by molar-refractivity contribution is -0.161. The summed E-state index contributed by atoms with van der Waals surface area (Å²) in [6, 6.07) is 0. The fourth-order valence-electron chi connectivity index (χ4n) is 5.41. The first-order valence-corrected chi connectivity index (χ1v) is 22.1. The van der Waals surface area contributed by atoms with Crippen LogP contribution in [0.3, 0.4) is 0 Å². The maximum atomic E-state index is 12.5. The predicted molar refractivity (Wildman–Crippen MR) is 215 cm³/mol. The van der Waals surface area contributed by atoms with Crippen LogP contribution in [0.1, 0.15) is 174 Å². The number of allylic oxidation sites excluding steroid dienone is 8. The third kappa shape index (κ3) is 37.7. The summed E-state index contributed by atoms with van der Waals surface area (Å²) in [6.45, 7) is 3.57. The number of phosphoric acid groups is 1. The Balaban J connectivity index is 4.19. The highest BCUT2D eigenvalue weighted by Gasteiger charge is 2.25. The molecule has 0 saturated carbocycles. The van der Waals surface area contributed by atoms with E-state index in [2.05, 4.69) is 62.5 Å². The summed E-state index contributed by atoms with van der Waals surface area (Å²) >= 11 is 0. The lowest BCUT2D eigenvalue weighted by atomic mass is 10.1. The van der Waals surface area contributed by atoms with Crippen LogP contribution >= 0.6 is 7.82 Å². The third-order valence-corrected chi connectivity index (χ3v) is 9.43. The fourth-order valence-corrected chi connectivity index (χ4v) is 6.17. The molecule has 0 bridgehead atoms. The summed E-state index contributed by atoms with van der Waals surface area (Å²) in [5.74, 6) is -0.870. The average Bonchev–Trinajstić information content (AvgIpc) is 3.13. The van der Waals surface area contributed by atoms with E-state index < -0.39 is 32.5 Å². The van der Waals surface area contributed by atoms with Gasteiger partial charge < -0.3 is 20.1 Å². The standard InChI is InChI=1S/C42H76NO8P/c1-3-5-7-9-11-13-15-17-18-19-20-21-23-24-26-28-30-32-34-41(44)48-38-40(39-50-52(46,47)49-37-36-43)51-42(45)35-33-31-29-27-25-22-16-14-12-10-8-6-4-2/h6,8,12,14,18-19,22,25,40H,3-5,7,9-11,13,15-17,20-21,23-24,26-39,43H2,1-2H3,(H,46,47)/b8-6-,14-12-,19-18-,25-22-. The number of carbonyl (C=O) groups excluding carboxylic acids is 2. The summed E-state index contributed by atoms with van der Waals surface area (Å²) in [5.41, 5.74) is 5.33. The number of esters is 2. The molecule has 0 saturated heterocycles. The van der Waals surface area contributed by atoms with Crippen molar-refractivity contribution in [1.82, 2.24) is 0 Å². The second kappa shape index (κ2) is 38.7. The maximum absolute atomic E-state index is 12.5. The molecule has 0 aromatic carbocycles. The van der Waals surface area contributed by atoms with Crippen LogP contribution in [0.5, 0.6) is 0 Å². The van der Waals surface area contributed by atoms with Crippen molar-refractivity contribution < 1.29 is 37.6 Å². The van der Waals surface area contributed by atoms with E-state index in [1.807, 2.05) is 0 Å². The Labute approximate surface area is 317 Å². The van der Waals surface area contributed by atoms with Gasteiger partial charge in [-0.25, -0.2) is 4.57 Å². The first kappa shape index (κ1) is 50.0. The number of hydrogen-bond acceptors (Lipinski definition) is 8. The molecule has 2 atom stereocenters. The van der Waals surface area contributed by atoms with Crippen molar-refractivity contribution in [2.75, 3.05) is 26.4 Å². The van der Waals surface area contributed by atoms with Gasteiger partial charge in [-0.3, -0.25) is 18.6 Å². The molecule has 52 heavy (non-hydrogen) atoms. The van der Waals surface area contributed by atoms with Crippen LogP contribution in [-0.2, 0) is 32.7 Å². The van der Waals surface area contributed by atoms with Crippen molar-refractivity contribution in [3.63, 3.8) is 0 Å². The highest BCUT2D eigenvalue weighted by atomic mass is 31.2. The Morgan fingerprint density at radius 2 is 1.06 bits per heavy atom. The molecular formula is C42H76NO8P. The lowest BCUT2D eigenvalue weighted by Crippen LogP contribution is -2.29. The first-order chi connectivity index (χ1) is 25.3. The van der Waals surface area contributed by atoms with Crippen LogP contribution < -0.4 is 5.73 Å². The van der Waals surface area contributed by atoms with Gasteiger partial charge >= 0.3 is 19.8 Å². The van der Waals surface area contributed by atoms with Gasteiger partial charge in [0.05, 0.1) is 13.2 Å². The van der Waals surface area contributed by atoms with E-state index in [9.17, 15) is 19.0 Å². The van der Waals surface area contributed by atoms with E-state index in [1.165, 1.54) is 70.6 Å². The minimum absolute atomic E-state index is 0.0464. The highest BCUT2D eigenvalue weighted by molar-refractivity contribution is 7.47. The molecule has 9 nitrogen and oxygen atoms in total. The number of nitrogens with two attached hydrogens (primary N) is 1. The van der Waals surface area contributed by atoms with E-state index >= 15 is 0 Å². The Hall–Kier alpha value is -2.03. The SMILES string of the molecule is CC/C=C\C/C=C\C/C=C\CCCCCC(=O)OC(COC(=O)CCCCCCCCC/C=C\CCCCCCCCC)COP(=O)(O)OCCN. The van der Waals surface area contributed by atoms with Crippen molar-refractivity contribution in [2.45, 2.75) is 180 Å². The van der Waals surface area contributed by atoms with Gasteiger partial charge in [0.25, 0.3) is 0 Å². The summed E-state index contributed by atoms with van der Waals surface area (Å²) in [4.78, 5) is 34.8. The van der Waals surface area contributed by atoms with Crippen LogP contribution in [0.2, 0.25) is 0 Å². The topological polar surface area (TPSA) is 134 Å². The van der Waals surface area contributed by atoms with Crippen LogP contribution in [0.15, 0.2) is 48.6 Å². The second-order valence-electron chi connectivity index (χ2n) is 13.5. The average molecular weight is 754 g/mol. The molecule has 2 unspecified atom stereocenters. The van der Waals surface area contributed by atoms with E-state index in [0.29, 0.717) is 6.42 Å². The van der Waals surface area contributed by atoms with Gasteiger partial charge in [0, 0.05) is 19.4 Å². The number of ether oxygens (including phenoxy) is 2. The predicted octanol–water partition coefficient (Wildman–Crippen LogP) is 11.6. The summed E-state index contributed by atoms with van der Waals surface area (Å²) in [6.07, 6.45) is 42.9. The molecule has 0 heterocycles. The Morgan fingerprint density at radius 3 is 1.62 bits per heavy atom. The minimum Gasteiger partial charge on any atom is -0.462 e. The van der Waals surface area contributed by atoms with E-state index in [0.717, 1.165) is 70.6 Å². The fraction of sp³-hybridized carbons (Fsp3) is 0.762. The summed E-state index contributed by atoms with van der Waals surface area (Å²) < 4.78 is 32.7. The zero-order valence-corrected chi connectivity index (χ0v) is 33.9. The quantitative estimate of drug-likeness (QED) is 0.0273. The summed E-state index contributed by atoms with van der Waals surface area (Å²) in [7, 11) is -4.38. The lowest BCUT2D eigenvalue weighted by Gasteiger charge is -2.19. The number of unbranched alkanes of at least 4 members (excludes halogenated alkanes) is 17. The molecule has 3 N–H and O–H groups in total. The monoisotopic (exact) mass is 754 g/mol. The van der Waals surface area contributed by atoms with Crippen molar-refractivity contribution in [1.29, 1.82) is 0 Å². The van der Waals surface area contributed by atoms with Crippen molar-refractivity contribution in [2.24, 2.45) is 5.73 Å². The smallest absolute Gasteiger partial charge is 0.462 e. The molecule has 0 rings (SSSR count). The van der Waals surface area contributed by atoms with Gasteiger partial charge in [0.2, 0.25) is 0 Å². The minimum atomic E-state index is -4.38. The largest absolute Gasteiger partial charge is 0.472 e. The molecular weight excluding hydrogens is 677 g/mol. The molecule has 0 aromatic heterocycles. The third-order valence-electron chi connectivity index (χ3n) is 8.45. The number of phosphoric ester groups is 1. The van der Waals surface area contributed by atoms with Crippen LogP contribution in [0, 0.1) is 0 Å². The second-order valence-corrected chi connectivity index (χ2v) is 14.9. The van der Waals surface area contributed by atoms with Gasteiger partial charge in [-0.15, -0.1) is 0 Å². The molecule has 0 aliphatic rings. The van der Waals surface area contributed by atoms with Gasteiger partial charge in [-0.1, -0.05) is 140 Å². The molecule has 0 amide bonds. The molecule has 0 aromatic rings. The molecule has 0 aliphatic heterocycles. The first-order valence-electron chi connectivity index (χ1n) is 20.6. The Bertz CT molecular complexity index is 996. The molecule has 0 radical (unpaired) electrons.